The summed E-state index contributed by atoms with van der Waals surface area (Å²) in [5.74, 6) is 0.890. The molecule has 0 aliphatic heterocycles. The number of benzene rings is 1. The molecule has 1 heterocycles. The van der Waals surface area contributed by atoms with E-state index < -0.39 is 9.84 Å². The molecule has 2 N–H and O–H groups in total. The number of anilines is 1. The third-order valence-electron chi connectivity index (χ3n) is 2.78. The molecule has 2 aromatic rings. The Morgan fingerprint density at radius 3 is 2.53 bits per heavy atom. The number of ether oxygens (including phenoxy) is 1. The van der Waals surface area contributed by atoms with Gasteiger partial charge in [0.25, 0.3) is 0 Å². The van der Waals surface area contributed by atoms with Crippen molar-refractivity contribution in [1.29, 1.82) is 0 Å². The van der Waals surface area contributed by atoms with Crippen LogP contribution in [0.4, 0.5) is 5.82 Å². The molecule has 0 spiro atoms. The molecule has 0 amide bonds. The summed E-state index contributed by atoms with van der Waals surface area (Å²) in [6, 6.07) is 6.46. The maximum Gasteiger partial charge on any atom is 0.176 e. The largest absolute Gasteiger partial charge is 0.496 e. The number of sulfone groups is 1. The fourth-order valence-electron chi connectivity index (χ4n) is 1.85. The Labute approximate surface area is 111 Å². The van der Waals surface area contributed by atoms with Crippen LogP contribution in [-0.2, 0) is 16.9 Å². The number of aromatic nitrogens is 2. The quantitative estimate of drug-likeness (QED) is 0.909. The summed E-state index contributed by atoms with van der Waals surface area (Å²) in [7, 11) is -0.216. The van der Waals surface area contributed by atoms with E-state index in [4.69, 9.17) is 10.5 Å². The summed E-state index contributed by atoms with van der Waals surface area (Å²) in [4.78, 5) is 0.171. The summed E-state index contributed by atoms with van der Waals surface area (Å²) in [5, 5.41) is 4.21. The van der Waals surface area contributed by atoms with E-state index in [-0.39, 0.29) is 4.90 Å². The molecule has 0 unspecified atom stereocenters. The second kappa shape index (κ2) is 4.58. The number of nitrogens with zero attached hydrogens (tertiary/aromatic N) is 2. The van der Waals surface area contributed by atoms with Crippen molar-refractivity contribution in [3.05, 3.63) is 24.3 Å². The predicted molar refractivity (Wildman–Crippen MR) is 72.7 cm³/mol. The van der Waals surface area contributed by atoms with Crippen LogP contribution in [0.1, 0.15) is 0 Å². The van der Waals surface area contributed by atoms with E-state index in [2.05, 4.69) is 5.10 Å². The zero-order valence-electron chi connectivity index (χ0n) is 10.9. The molecule has 102 valence electrons. The Kier molecular flexibility index (Phi) is 3.23. The van der Waals surface area contributed by atoms with Crippen molar-refractivity contribution in [2.24, 2.45) is 7.05 Å². The first-order valence-corrected chi connectivity index (χ1v) is 7.40. The molecule has 2 rings (SSSR count). The molecule has 0 bridgehead atoms. The zero-order valence-corrected chi connectivity index (χ0v) is 11.7. The minimum Gasteiger partial charge on any atom is -0.496 e. The minimum absolute atomic E-state index is 0.171. The maximum atomic E-state index is 11.9. The topological polar surface area (TPSA) is 87.2 Å². The van der Waals surface area contributed by atoms with Crippen molar-refractivity contribution in [2.75, 3.05) is 19.1 Å². The monoisotopic (exact) mass is 281 g/mol. The molecule has 0 radical (unpaired) electrons. The molecule has 0 saturated carbocycles. The fraction of sp³-hybridized carbons (Fsp3) is 0.250. The molecular weight excluding hydrogens is 266 g/mol. The van der Waals surface area contributed by atoms with E-state index in [9.17, 15) is 8.42 Å². The van der Waals surface area contributed by atoms with Crippen LogP contribution in [0, 0.1) is 0 Å². The van der Waals surface area contributed by atoms with Gasteiger partial charge in [-0.1, -0.05) is 6.07 Å². The number of hydrogen-bond acceptors (Lipinski definition) is 5. The van der Waals surface area contributed by atoms with Crippen LogP contribution in [0.5, 0.6) is 5.75 Å². The average molecular weight is 281 g/mol. The van der Waals surface area contributed by atoms with E-state index in [0.29, 0.717) is 22.8 Å². The lowest BCUT2D eigenvalue weighted by atomic mass is 10.1. The van der Waals surface area contributed by atoms with Crippen molar-refractivity contribution in [2.45, 2.75) is 4.90 Å². The van der Waals surface area contributed by atoms with Crippen molar-refractivity contribution < 1.29 is 13.2 Å². The first kappa shape index (κ1) is 13.4. The van der Waals surface area contributed by atoms with Crippen LogP contribution < -0.4 is 10.5 Å². The van der Waals surface area contributed by atoms with Crippen LogP contribution in [0.3, 0.4) is 0 Å². The number of aryl methyl sites for hydroxylation is 1. The SMILES string of the molecule is COc1cccc(S(C)(=O)=O)c1-c1cc(N)n(C)n1. The summed E-state index contributed by atoms with van der Waals surface area (Å²) in [6.07, 6.45) is 1.15. The normalized spacial score (nSPS) is 11.5. The molecule has 0 fully saturated rings. The second-order valence-corrected chi connectivity index (χ2v) is 6.17. The smallest absolute Gasteiger partial charge is 0.176 e. The van der Waals surface area contributed by atoms with Gasteiger partial charge in [0.15, 0.2) is 9.84 Å². The Morgan fingerprint density at radius 1 is 1.37 bits per heavy atom. The maximum absolute atomic E-state index is 11.9. The lowest BCUT2D eigenvalue weighted by molar-refractivity contribution is 0.415. The molecule has 6 nitrogen and oxygen atoms in total. The van der Waals surface area contributed by atoms with Crippen LogP contribution >= 0.6 is 0 Å². The van der Waals surface area contributed by atoms with Gasteiger partial charge in [-0.2, -0.15) is 5.10 Å². The van der Waals surface area contributed by atoms with Gasteiger partial charge in [0.05, 0.1) is 23.3 Å². The van der Waals surface area contributed by atoms with Crippen LogP contribution in [0.2, 0.25) is 0 Å². The highest BCUT2D eigenvalue weighted by Gasteiger charge is 2.21. The van der Waals surface area contributed by atoms with Crippen molar-refractivity contribution in [1.82, 2.24) is 9.78 Å². The van der Waals surface area contributed by atoms with Gasteiger partial charge in [-0.3, -0.25) is 4.68 Å². The van der Waals surface area contributed by atoms with Crippen molar-refractivity contribution in [3.8, 4) is 17.0 Å². The Morgan fingerprint density at radius 2 is 2.05 bits per heavy atom. The first-order valence-electron chi connectivity index (χ1n) is 5.51. The van der Waals surface area contributed by atoms with E-state index >= 15 is 0 Å². The van der Waals surface area contributed by atoms with Gasteiger partial charge in [-0.05, 0) is 12.1 Å². The summed E-state index contributed by atoms with van der Waals surface area (Å²) < 4.78 is 30.4. The first-order chi connectivity index (χ1) is 8.84. The molecule has 0 saturated heterocycles. The lowest BCUT2D eigenvalue weighted by Crippen LogP contribution is -2.02. The zero-order chi connectivity index (χ0) is 14.2. The third kappa shape index (κ3) is 2.41. The minimum atomic E-state index is -3.39. The Bertz CT molecular complexity index is 700. The van der Waals surface area contributed by atoms with Crippen LogP contribution in [0.25, 0.3) is 11.3 Å². The highest BCUT2D eigenvalue weighted by molar-refractivity contribution is 7.90. The summed E-state index contributed by atoms with van der Waals surface area (Å²) >= 11 is 0. The van der Waals surface area contributed by atoms with Gasteiger partial charge in [0.2, 0.25) is 0 Å². The molecular formula is C12H15N3O3S. The van der Waals surface area contributed by atoms with Crippen molar-refractivity contribution in [3.63, 3.8) is 0 Å². The Balaban J connectivity index is 2.80. The second-order valence-electron chi connectivity index (χ2n) is 4.18. The van der Waals surface area contributed by atoms with Crippen LogP contribution in [0.15, 0.2) is 29.2 Å². The highest BCUT2D eigenvalue weighted by atomic mass is 32.2. The predicted octanol–water partition coefficient (Wildman–Crippen LogP) is 1.08. The molecule has 0 aliphatic rings. The van der Waals surface area contributed by atoms with Gasteiger partial charge >= 0.3 is 0 Å². The van der Waals surface area contributed by atoms with E-state index in [1.165, 1.54) is 17.9 Å². The van der Waals surface area contributed by atoms with E-state index in [1.807, 2.05) is 0 Å². The molecule has 1 aromatic carbocycles. The van der Waals surface area contributed by atoms with Gasteiger partial charge in [0.1, 0.15) is 11.6 Å². The third-order valence-corrected chi connectivity index (χ3v) is 3.92. The summed E-state index contributed by atoms with van der Waals surface area (Å²) in [5.41, 5.74) is 6.64. The molecule has 0 atom stereocenters. The average Bonchev–Trinajstić information content (AvgIpc) is 2.67. The Hall–Kier alpha value is -2.02. The molecule has 1 aromatic heterocycles. The number of rotatable bonds is 3. The number of nitrogens with two attached hydrogens (primary N) is 1. The van der Waals surface area contributed by atoms with Gasteiger partial charge < -0.3 is 10.5 Å². The molecule has 0 aliphatic carbocycles. The fourth-order valence-corrected chi connectivity index (χ4v) is 2.75. The van der Waals surface area contributed by atoms with Gasteiger partial charge in [-0.25, -0.2) is 8.42 Å². The standard InChI is InChI=1S/C12H15N3O3S/c1-15-11(13)7-8(14-15)12-9(18-2)5-4-6-10(12)19(3,16)17/h4-7H,13H2,1-3H3. The molecule has 7 heteroatoms. The number of methoxy groups -OCH3 is 1. The van der Waals surface area contributed by atoms with E-state index in [1.54, 1.807) is 25.2 Å². The van der Waals surface area contributed by atoms with Gasteiger partial charge in [-0.15, -0.1) is 0 Å². The number of hydrogen-bond donors (Lipinski definition) is 1. The summed E-state index contributed by atoms with van der Waals surface area (Å²) in [6.45, 7) is 0. The van der Waals surface area contributed by atoms with Crippen LogP contribution in [-0.4, -0.2) is 31.6 Å². The lowest BCUT2D eigenvalue weighted by Gasteiger charge is -2.10. The highest BCUT2D eigenvalue weighted by Crippen LogP contribution is 2.35. The van der Waals surface area contributed by atoms with Gasteiger partial charge in [0, 0.05) is 19.4 Å². The van der Waals surface area contributed by atoms with E-state index in [0.717, 1.165) is 6.26 Å². The number of nitrogen functional groups attached to an aromatic ring is 1. The van der Waals surface area contributed by atoms with Crippen molar-refractivity contribution >= 4 is 15.7 Å². The molecule has 19 heavy (non-hydrogen) atoms.